The number of rotatable bonds is 3. The maximum atomic E-state index is 12.1. The van der Waals surface area contributed by atoms with Crippen LogP contribution in [0, 0.1) is 0 Å². The van der Waals surface area contributed by atoms with Crippen LogP contribution in [-0.2, 0) is 9.59 Å². The van der Waals surface area contributed by atoms with Crippen molar-refractivity contribution in [1.29, 1.82) is 0 Å². The highest BCUT2D eigenvalue weighted by molar-refractivity contribution is 6.16. The molecule has 2 aliphatic heterocycles. The van der Waals surface area contributed by atoms with E-state index < -0.39 is 0 Å². The molecule has 2 aromatic heterocycles. The van der Waals surface area contributed by atoms with Gasteiger partial charge in [-0.3, -0.25) is 15.0 Å². The molecule has 24 heavy (non-hydrogen) atoms. The highest BCUT2D eigenvalue weighted by atomic mass is 16.2. The lowest BCUT2D eigenvalue weighted by atomic mass is 10.1. The summed E-state index contributed by atoms with van der Waals surface area (Å²) in [6.07, 6.45) is 6.59. The molecule has 0 radical (unpaired) electrons. The minimum atomic E-state index is -0.389. The second kappa shape index (κ2) is 5.63. The summed E-state index contributed by atoms with van der Waals surface area (Å²) in [5.41, 5.74) is 3.98. The molecular formula is C16H18N6O2. The predicted octanol–water partition coefficient (Wildman–Crippen LogP) is 1.36. The van der Waals surface area contributed by atoms with E-state index in [0.29, 0.717) is 22.9 Å². The summed E-state index contributed by atoms with van der Waals surface area (Å²) in [4.78, 5) is 30.8. The van der Waals surface area contributed by atoms with E-state index in [9.17, 15) is 9.59 Å². The van der Waals surface area contributed by atoms with Gasteiger partial charge in [-0.15, -0.1) is 5.10 Å². The first-order valence-corrected chi connectivity index (χ1v) is 8.07. The number of fused-ring (bicyclic) bond motifs is 1. The molecule has 8 heteroatoms. The Labute approximate surface area is 138 Å². The minimum absolute atomic E-state index is 0.358. The van der Waals surface area contributed by atoms with Crippen LogP contribution < -0.4 is 10.3 Å². The molecule has 0 aliphatic carbocycles. The number of hydrogen-bond donors (Lipinski definition) is 1. The number of piperidine rings is 1. The van der Waals surface area contributed by atoms with Gasteiger partial charge in [0, 0.05) is 30.9 Å². The first kappa shape index (κ1) is 14.7. The molecule has 2 aromatic rings. The number of amides is 2. The van der Waals surface area contributed by atoms with Gasteiger partial charge in [0.25, 0.3) is 11.8 Å². The Balaban J connectivity index is 1.70. The number of carbonyl (C=O) groups is 2. The zero-order valence-corrected chi connectivity index (χ0v) is 13.4. The van der Waals surface area contributed by atoms with Gasteiger partial charge >= 0.3 is 0 Å². The average Bonchev–Trinajstić information content (AvgIpc) is 3.16. The molecule has 0 bridgehead atoms. The maximum Gasteiger partial charge on any atom is 0.275 e. The molecule has 0 unspecified atom stereocenters. The second-order valence-corrected chi connectivity index (χ2v) is 6.06. The summed E-state index contributed by atoms with van der Waals surface area (Å²) in [6.45, 7) is 3.44. The first-order valence-electron chi connectivity index (χ1n) is 8.07. The van der Waals surface area contributed by atoms with Gasteiger partial charge in [0.15, 0.2) is 5.82 Å². The SMILES string of the molecule is CC1=CC(=O)N(Nc2nc(N3CCCCC3)nn3cccc23)C1=O. The molecule has 124 valence electrons. The molecule has 2 amide bonds. The van der Waals surface area contributed by atoms with Crippen LogP contribution in [0.5, 0.6) is 0 Å². The number of nitrogens with one attached hydrogen (secondary N) is 1. The van der Waals surface area contributed by atoms with E-state index in [4.69, 9.17) is 0 Å². The fraction of sp³-hybridized carbons (Fsp3) is 0.375. The van der Waals surface area contributed by atoms with Crippen molar-refractivity contribution >= 4 is 29.1 Å². The van der Waals surface area contributed by atoms with Crippen molar-refractivity contribution in [2.75, 3.05) is 23.4 Å². The zero-order valence-electron chi connectivity index (χ0n) is 13.4. The van der Waals surface area contributed by atoms with Gasteiger partial charge in [0.2, 0.25) is 5.95 Å². The lowest BCUT2D eigenvalue weighted by Gasteiger charge is -2.27. The first-order chi connectivity index (χ1) is 11.6. The van der Waals surface area contributed by atoms with Gasteiger partial charge in [0.1, 0.15) is 5.52 Å². The van der Waals surface area contributed by atoms with Crippen molar-refractivity contribution in [1.82, 2.24) is 19.6 Å². The molecule has 2 aliphatic rings. The third kappa shape index (κ3) is 2.40. The maximum absolute atomic E-state index is 12.1. The molecule has 8 nitrogen and oxygen atoms in total. The third-order valence-corrected chi connectivity index (χ3v) is 4.34. The van der Waals surface area contributed by atoms with Gasteiger partial charge in [-0.1, -0.05) is 0 Å². The molecular weight excluding hydrogens is 308 g/mol. The van der Waals surface area contributed by atoms with Crippen LogP contribution >= 0.6 is 0 Å². The van der Waals surface area contributed by atoms with Crippen LogP contribution in [0.4, 0.5) is 11.8 Å². The highest BCUT2D eigenvalue weighted by Crippen LogP contribution is 2.23. The molecule has 4 rings (SSSR count). The summed E-state index contributed by atoms with van der Waals surface area (Å²) in [5, 5.41) is 5.53. The van der Waals surface area contributed by atoms with Crippen molar-refractivity contribution in [3.8, 4) is 0 Å². The molecule has 0 spiro atoms. The lowest BCUT2D eigenvalue weighted by Crippen LogP contribution is -2.37. The summed E-state index contributed by atoms with van der Waals surface area (Å²) < 4.78 is 1.71. The minimum Gasteiger partial charge on any atom is -0.340 e. The number of imide groups is 1. The monoisotopic (exact) mass is 326 g/mol. The third-order valence-electron chi connectivity index (χ3n) is 4.34. The molecule has 0 atom stereocenters. The number of carbonyl (C=O) groups excluding carboxylic acids is 2. The number of aromatic nitrogens is 3. The standard InChI is InChI=1S/C16H18N6O2/c1-11-10-13(23)22(15(11)24)18-14-12-6-5-9-21(12)19-16(17-14)20-7-3-2-4-8-20/h5-6,9-10H,2-4,7-8H2,1H3,(H,17,18,19). The van der Waals surface area contributed by atoms with E-state index in [-0.39, 0.29) is 11.8 Å². The van der Waals surface area contributed by atoms with E-state index in [2.05, 4.69) is 20.4 Å². The summed E-state index contributed by atoms with van der Waals surface area (Å²) in [5.74, 6) is 0.299. The highest BCUT2D eigenvalue weighted by Gasteiger charge is 2.30. The van der Waals surface area contributed by atoms with E-state index in [1.165, 1.54) is 12.5 Å². The number of hydrazine groups is 1. The van der Waals surface area contributed by atoms with Crippen LogP contribution in [0.1, 0.15) is 26.2 Å². The topological polar surface area (TPSA) is 82.8 Å². The number of anilines is 2. The van der Waals surface area contributed by atoms with E-state index >= 15 is 0 Å². The van der Waals surface area contributed by atoms with Gasteiger partial charge in [-0.25, -0.2) is 4.52 Å². The molecule has 1 saturated heterocycles. The fourth-order valence-corrected chi connectivity index (χ4v) is 3.03. The van der Waals surface area contributed by atoms with E-state index in [1.807, 2.05) is 18.3 Å². The van der Waals surface area contributed by atoms with Crippen molar-refractivity contribution in [3.05, 3.63) is 30.0 Å². The van der Waals surface area contributed by atoms with Gasteiger partial charge in [-0.2, -0.15) is 9.99 Å². The van der Waals surface area contributed by atoms with E-state index in [1.54, 1.807) is 11.4 Å². The van der Waals surface area contributed by atoms with Crippen LogP contribution in [0.25, 0.3) is 5.52 Å². The summed E-state index contributed by atoms with van der Waals surface area (Å²) in [7, 11) is 0. The number of nitrogens with zero attached hydrogens (tertiary/aromatic N) is 5. The smallest absolute Gasteiger partial charge is 0.275 e. The van der Waals surface area contributed by atoms with Crippen molar-refractivity contribution in [2.45, 2.75) is 26.2 Å². The molecule has 4 heterocycles. The summed E-state index contributed by atoms with van der Waals surface area (Å²) in [6, 6.07) is 3.69. The van der Waals surface area contributed by atoms with Crippen LogP contribution in [0.3, 0.4) is 0 Å². The summed E-state index contributed by atoms with van der Waals surface area (Å²) >= 11 is 0. The Hall–Kier alpha value is -2.90. The zero-order chi connectivity index (χ0) is 16.7. The Bertz CT molecular complexity index is 849. The quantitative estimate of drug-likeness (QED) is 0.858. The van der Waals surface area contributed by atoms with E-state index in [0.717, 1.165) is 30.9 Å². The Morgan fingerprint density at radius 3 is 2.67 bits per heavy atom. The van der Waals surface area contributed by atoms with Gasteiger partial charge in [0.05, 0.1) is 0 Å². The molecule has 0 saturated carbocycles. The van der Waals surface area contributed by atoms with Crippen molar-refractivity contribution in [2.24, 2.45) is 0 Å². The Morgan fingerprint density at radius 1 is 1.17 bits per heavy atom. The molecule has 1 fully saturated rings. The van der Waals surface area contributed by atoms with Crippen LogP contribution in [-0.4, -0.2) is 44.5 Å². The average molecular weight is 326 g/mol. The Morgan fingerprint density at radius 2 is 1.96 bits per heavy atom. The number of hydrogen-bond acceptors (Lipinski definition) is 6. The lowest BCUT2D eigenvalue weighted by molar-refractivity contribution is -0.135. The van der Waals surface area contributed by atoms with Gasteiger partial charge < -0.3 is 4.90 Å². The van der Waals surface area contributed by atoms with Crippen LogP contribution in [0.2, 0.25) is 0 Å². The fourth-order valence-electron chi connectivity index (χ4n) is 3.03. The Kier molecular flexibility index (Phi) is 3.44. The molecule has 1 N–H and O–H groups in total. The second-order valence-electron chi connectivity index (χ2n) is 6.06. The predicted molar refractivity (Wildman–Crippen MR) is 88.3 cm³/mol. The normalized spacial score (nSPS) is 18.5. The molecule has 0 aromatic carbocycles. The largest absolute Gasteiger partial charge is 0.340 e. The van der Waals surface area contributed by atoms with Gasteiger partial charge in [-0.05, 0) is 38.3 Å². The van der Waals surface area contributed by atoms with Crippen molar-refractivity contribution < 1.29 is 9.59 Å². The van der Waals surface area contributed by atoms with Crippen LogP contribution in [0.15, 0.2) is 30.0 Å². The van der Waals surface area contributed by atoms with Crippen molar-refractivity contribution in [3.63, 3.8) is 0 Å².